The van der Waals surface area contributed by atoms with Gasteiger partial charge in [0.25, 0.3) is 0 Å². The molecule has 0 aliphatic carbocycles. The number of benzene rings is 2. The molecular formula is C19H21ClN2O2S. The maximum absolute atomic E-state index is 12.1. The van der Waals surface area contributed by atoms with Crippen molar-refractivity contribution in [2.45, 2.75) is 12.7 Å². The predicted molar refractivity (Wildman–Crippen MR) is 105 cm³/mol. The second-order valence-electron chi connectivity index (χ2n) is 5.78. The summed E-state index contributed by atoms with van der Waals surface area (Å²) >= 11 is 7.35. The molecule has 0 bridgehead atoms. The number of halogens is 1. The van der Waals surface area contributed by atoms with Crippen LogP contribution in [0.4, 0.5) is 5.69 Å². The van der Waals surface area contributed by atoms with Crippen LogP contribution in [0, 0.1) is 6.92 Å². The van der Waals surface area contributed by atoms with Gasteiger partial charge < -0.3 is 10.2 Å². The van der Waals surface area contributed by atoms with Gasteiger partial charge in [-0.3, -0.25) is 9.59 Å². The van der Waals surface area contributed by atoms with Crippen molar-refractivity contribution in [3.05, 3.63) is 64.7 Å². The Bertz CT molecular complexity index is 717. The lowest BCUT2D eigenvalue weighted by Gasteiger charge is -2.16. The Balaban J connectivity index is 1.72. The highest BCUT2D eigenvalue weighted by atomic mass is 35.5. The molecule has 0 fully saturated rings. The lowest BCUT2D eigenvalue weighted by atomic mass is 10.2. The fourth-order valence-electron chi connectivity index (χ4n) is 2.09. The summed E-state index contributed by atoms with van der Waals surface area (Å²) in [5.74, 6) is 0.820. The first-order chi connectivity index (χ1) is 11.9. The van der Waals surface area contributed by atoms with E-state index in [0.29, 0.717) is 16.5 Å². The number of amides is 2. The first kappa shape index (κ1) is 19.3. The molecule has 0 radical (unpaired) electrons. The van der Waals surface area contributed by atoms with Crippen LogP contribution >= 0.6 is 23.4 Å². The van der Waals surface area contributed by atoms with Crippen molar-refractivity contribution < 1.29 is 9.59 Å². The molecule has 25 heavy (non-hydrogen) atoms. The third-order valence-corrected chi connectivity index (χ3v) is 4.79. The van der Waals surface area contributed by atoms with Gasteiger partial charge in [0.1, 0.15) is 0 Å². The molecule has 0 atom stereocenters. The quantitative estimate of drug-likeness (QED) is 0.795. The van der Waals surface area contributed by atoms with Crippen LogP contribution in [0.5, 0.6) is 0 Å². The molecule has 2 aromatic carbocycles. The number of hydrogen-bond donors (Lipinski definition) is 1. The number of hydrogen-bond acceptors (Lipinski definition) is 3. The van der Waals surface area contributed by atoms with Crippen molar-refractivity contribution in [2.24, 2.45) is 0 Å². The molecule has 0 aliphatic heterocycles. The Morgan fingerprint density at radius 1 is 1.08 bits per heavy atom. The van der Waals surface area contributed by atoms with Crippen LogP contribution in [-0.4, -0.2) is 36.1 Å². The van der Waals surface area contributed by atoms with E-state index in [1.54, 1.807) is 43.1 Å². The summed E-state index contributed by atoms with van der Waals surface area (Å²) in [6, 6.07) is 15.1. The van der Waals surface area contributed by atoms with E-state index in [1.165, 1.54) is 16.0 Å². The van der Waals surface area contributed by atoms with Gasteiger partial charge in [0.15, 0.2) is 0 Å². The number of carbonyl (C=O) groups is 2. The fraction of sp³-hybridized carbons (Fsp3) is 0.263. The van der Waals surface area contributed by atoms with Crippen molar-refractivity contribution >= 4 is 40.9 Å². The van der Waals surface area contributed by atoms with Crippen LogP contribution in [0.1, 0.15) is 11.1 Å². The average molecular weight is 377 g/mol. The van der Waals surface area contributed by atoms with Gasteiger partial charge in [-0.2, -0.15) is 0 Å². The summed E-state index contributed by atoms with van der Waals surface area (Å²) in [4.78, 5) is 25.6. The Kier molecular flexibility index (Phi) is 7.34. The zero-order valence-corrected chi connectivity index (χ0v) is 15.9. The monoisotopic (exact) mass is 376 g/mol. The van der Waals surface area contributed by atoms with Crippen molar-refractivity contribution in [1.29, 1.82) is 0 Å². The van der Waals surface area contributed by atoms with Gasteiger partial charge >= 0.3 is 0 Å². The van der Waals surface area contributed by atoms with E-state index in [-0.39, 0.29) is 18.4 Å². The number of nitrogens with one attached hydrogen (secondary N) is 1. The lowest BCUT2D eigenvalue weighted by molar-refractivity contribution is -0.131. The standard InChI is InChI=1S/C19H21ClN2O2S/c1-14-3-5-15(6-4-14)12-25-13-19(24)22(2)11-18(23)21-17-9-7-16(20)8-10-17/h3-10H,11-13H2,1-2H3,(H,21,23). The molecule has 0 spiro atoms. The maximum Gasteiger partial charge on any atom is 0.243 e. The third kappa shape index (κ3) is 6.80. The number of nitrogens with zero attached hydrogens (tertiary/aromatic N) is 1. The van der Waals surface area contributed by atoms with E-state index in [2.05, 4.69) is 29.6 Å². The summed E-state index contributed by atoms with van der Waals surface area (Å²) in [7, 11) is 1.64. The van der Waals surface area contributed by atoms with Gasteiger partial charge in [-0.15, -0.1) is 11.8 Å². The van der Waals surface area contributed by atoms with Crippen molar-refractivity contribution in [2.75, 3.05) is 24.7 Å². The number of thioether (sulfide) groups is 1. The molecule has 132 valence electrons. The lowest BCUT2D eigenvalue weighted by Crippen LogP contribution is -2.35. The summed E-state index contributed by atoms with van der Waals surface area (Å²) < 4.78 is 0. The Morgan fingerprint density at radius 2 is 1.72 bits per heavy atom. The predicted octanol–water partition coefficient (Wildman–Crippen LogP) is 3.98. The van der Waals surface area contributed by atoms with Gasteiger partial charge in [0.2, 0.25) is 11.8 Å². The van der Waals surface area contributed by atoms with E-state index in [0.717, 1.165) is 5.75 Å². The fourth-order valence-corrected chi connectivity index (χ4v) is 3.14. The third-order valence-electron chi connectivity index (χ3n) is 3.55. The van der Waals surface area contributed by atoms with Crippen LogP contribution in [0.25, 0.3) is 0 Å². The minimum atomic E-state index is -0.235. The minimum Gasteiger partial charge on any atom is -0.336 e. The minimum absolute atomic E-state index is 0.0204. The zero-order valence-electron chi connectivity index (χ0n) is 14.3. The summed E-state index contributed by atoms with van der Waals surface area (Å²) in [5, 5.41) is 3.35. The zero-order chi connectivity index (χ0) is 18.2. The van der Waals surface area contributed by atoms with Crippen LogP contribution in [0.15, 0.2) is 48.5 Å². The highest BCUT2D eigenvalue weighted by Crippen LogP contribution is 2.14. The Hall–Kier alpha value is -1.98. The van der Waals surface area contributed by atoms with Gasteiger partial charge in [-0.05, 0) is 36.8 Å². The van der Waals surface area contributed by atoms with Crippen molar-refractivity contribution in [3.63, 3.8) is 0 Å². The molecule has 0 unspecified atom stereocenters. The van der Waals surface area contributed by atoms with Crippen molar-refractivity contribution in [3.8, 4) is 0 Å². The molecule has 0 saturated heterocycles. The van der Waals surface area contributed by atoms with Crippen LogP contribution < -0.4 is 5.32 Å². The van der Waals surface area contributed by atoms with Crippen LogP contribution in [-0.2, 0) is 15.3 Å². The van der Waals surface area contributed by atoms with E-state index in [1.807, 2.05) is 6.92 Å². The molecule has 1 N–H and O–H groups in total. The number of rotatable bonds is 7. The highest BCUT2D eigenvalue weighted by molar-refractivity contribution is 7.99. The molecular weight excluding hydrogens is 356 g/mol. The van der Waals surface area contributed by atoms with Gasteiger partial charge in [0.05, 0.1) is 12.3 Å². The van der Waals surface area contributed by atoms with Gasteiger partial charge in [-0.25, -0.2) is 0 Å². The van der Waals surface area contributed by atoms with E-state index in [4.69, 9.17) is 11.6 Å². The molecule has 2 amide bonds. The topological polar surface area (TPSA) is 49.4 Å². The Morgan fingerprint density at radius 3 is 2.36 bits per heavy atom. The Labute approximate surface area is 157 Å². The SMILES string of the molecule is Cc1ccc(CSCC(=O)N(C)CC(=O)Nc2ccc(Cl)cc2)cc1. The molecule has 0 heterocycles. The number of carbonyl (C=O) groups excluding carboxylic acids is 2. The summed E-state index contributed by atoms with van der Waals surface area (Å²) in [6.07, 6.45) is 0. The maximum atomic E-state index is 12.1. The molecule has 0 aliphatic rings. The second-order valence-corrected chi connectivity index (χ2v) is 7.21. The van der Waals surface area contributed by atoms with E-state index < -0.39 is 0 Å². The molecule has 6 heteroatoms. The highest BCUT2D eigenvalue weighted by Gasteiger charge is 2.13. The first-order valence-electron chi connectivity index (χ1n) is 7.87. The largest absolute Gasteiger partial charge is 0.336 e. The average Bonchev–Trinajstić information content (AvgIpc) is 2.58. The summed E-state index contributed by atoms with van der Waals surface area (Å²) in [6.45, 7) is 2.07. The van der Waals surface area contributed by atoms with Crippen molar-refractivity contribution in [1.82, 2.24) is 4.90 Å². The van der Waals surface area contributed by atoms with Crippen LogP contribution in [0.2, 0.25) is 5.02 Å². The summed E-state index contributed by atoms with van der Waals surface area (Å²) in [5.41, 5.74) is 3.06. The molecule has 2 aromatic rings. The number of anilines is 1. The smallest absolute Gasteiger partial charge is 0.243 e. The second kappa shape index (κ2) is 9.49. The van der Waals surface area contributed by atoms with E-state index >= 15 is 0 Å². The normalized spacial score (nSPS) is 10.4. The van der Waals surface area contributed by atoms with Crippen LogP contribution in [0.3, 0.4) is 0 Å². The van der Waals surface area contributed by atoms with Gasteiger partial charge in [0, 0.05) is 23.5 Å². The number of aryl methyl sites for hydroxylation is 1. The molecule has 0 aromatic heterocycles. The molecule has 2 rings (SSSR count). The molecule has 4 nitrogen and oxygen atoms in total. The molecule has 0 saturated carbocycles. The number of likely N-dealkylation sites (N-methyl/N-ethyl adjacent to an activating group) is 1. The first-order valence-corrected chi connectivity index (χ1v) is 9.40. The van der Waals surface area contributed by atoms with Gasteiger partial charge in [-0.1, -0.05) is 41.4 Å². The van der Waals surface area contributed by atoms with E-state index in [9.17, 15) is 9.59 Å².